The summed E-state index contributed by atoms with van der Waals surface area (Å²) in [5, 5.41) is 30.0. The summed E-state index contributed by atoms with van der Waals surface area (Å²) < 4.78 is 0. The molecule has 3 saturated carbocycles. The molecule has 0 unspecified atom stereocenters. The molecule has 0 heterocycles. The molecule has 104 valence electrons. The summed E-state index contributed by atoms with van der Waals surface area (Å²) in [7, 11) is 0. The third kappa shape index (κ3) is 1.47. The van der Waals surface area contributed by atoms with Crippen LogP contribution in [0.4, 0.5) is 0 Å². The zero-order chi connectivity index (χ0) is 13.1. The van der Waals surface area contributed by atoms with Gasteiger partial charge in [0.05, 0.1) is 12.2 Å². The standard InChI is InChI=1S/C15H26O3/c1-9-3-4-10-12(9)13-11(14(13,2)7-16)5-6-15(10,18)8-17/h9-13,16-18H,3-8H2,1-2H3/t9-,10-,11-,12-,13-,14+,15+/m1/s1. The van der Waals surface area contributed by atoms with Crippen LogP contribution in [0.1, 0.15) is 39.5 Å². The first-order valence-corrected chi connectivity index (χ1v) is 7.42. The van der Waals surface area contributed by atoms with E-state index in [-0.39, 0.29) is 24.5 Å². The molecule has 3 nitrogen and oxygen atoms in total. The van der Waals surface area contributed by atoms with E-state index in [0.29, 0.717) is 30.1 Å². The predicted octanol–water partition coefficient (Wildman–Crippen LogP) is 1.41. The molecule has 0 aliphatic heterocycles. The molecule has 0 aromatic heterocycles. The maximum absolute atomic E-state index is 10.7. The van der Waals surface area contributed by atoms with E-state index in [1.807, 2.05) is 0 Å². The zero-order valence-corrected chi connectivity index (χ0v) is 11.5. The number of aliphatic hydroxyl groups is 3. The SMILES string of the molecule is C[C@@H]1CC[C@@H]2[C@@H]1[C@H]1[C@@H](CC[C@]2(O)CO)[C@]1(C)CO. The van der Waals surface area contributed by atoms with Gasteiger partial charge in [-0.2, -0.15) is 0 Å². The van der Waals surface area contributed by atoms with Crippen molar-refractivity contribution in [2.24, 2.45) is 35.0 Å². The minimum absolute atomic E-state index is 0.0816. The van der Waals surface area contributed by atoms with Crippen LogP contribution in [0.15, 0.2) is 0 Å². The van der Waals surface area contributed by atoms with E-state index in [1.165, 1.54) is 0 Å². The van der Waals surface area contributed by atoms with Gasteiger partial charge in [0.25, 0.3) is 0 Å². The van der Waals surface area contributed by atoms with Crippen LogP contribution in [0.5, 0.6) is 0 Å². The van der Waals surface area contributed by atoms with Crippen molar-refractivity contribution in [1.29, 1.82) is 0 Å². The van der Waals surface area contributed by atoms with Crippen LogP contribution >= 0.6 is 0 Å². The van der Waals surface area contributed by atoms with E-state index in [0.717, 1.165) is 19.3 Å². The molecule has 0 bridgehead atoms. The Morgan fingerprint density at radius 2 is 1.78 bits per heavy atom. The Morgan fingerprint density at radius 3 is 2.39 bits per heavy atom. The molecule has 0 aromatic rings. The smallest absolute Gasteiger partial charge is 0.0908 e. The second kappa shape index (κ2) is 3.94. The normalized spacial score (nSPS) is 58.8. The second-order valence-corrected chi connectivity index (χ2v) is 7.34. The van der Waals surface area contributed by atoms with Gasteiger partial charge in [-0.05, 0) is 54.3 Å². The summed E-state index contributed by atoms with van der Waals surface area (Å²) in [6.07, 6.45) is 3.85. The average molecular weight is 254 g/mol. The van der Waals surface area contributed by atoms with Gasteiger partial charge >= 0.3 is 0 Å². The second-order valence-electron chi connectivity index (χ2n) is 7.34. The van der Waals surface area contributed by atoms with Crippen LogP contribution in [0.3, 0.4) is 0 Å². The molecule has 0 amide bonds. The molecule has 0 saturated heterocycles. The topological polar surface area (TPSA) is 60.7 Å². The third-order valence-corrected chi connectivity index (χ3v) is 6.60. The molecule has 18 heavy (non-hydrogen) atoms. The van der Waals surface area contributed by atoms with Gasteiger partial charge in [-0.3, -0.25) is 0 Å². The largest absolute Gasteiger partial charge is 0.396 e. The highest BCUT2D eigenvalue weighted by Crippen LogP contribution is 2.71. The van der Waals surface area contributed by atoms with Crippen molar-refractivity contribution in [3.05, 3.63) is 0 Å². The van der Waals surface area contributed by atoms with Crippen LogP contribution in [0.2, 0.25) is 0 Å². The van der Waals surface area contributed by atoms with E-state index in [1.54, 1.807) is 0 Å². The lowest BCUT2D eigenvalue weighted by Gasteiger charge is -2.37. The van der Waals surface area contributed by atoms with Gasteiger partial charge in [-0.25, -0.2) is 0 Å². The number of aliphatic hydroxyl groups excluding tert-OH is 2. The van der Waals surface area contributed by atoms with Gasteiger partial charge < -0.3 is 15.3 Å². The molecule has 7 atom stereocenters. The van der Waals surface area contributed by atoms with Crippen molar-refractivity contribution in [3.63, 3.8) is 0 Å². The lowest BCUT2D eigenvalue weighted by molar-refractivity contribution is -0.0843. The van der Waals surface area contributed by atoms with Crippen LogP contribution in [0, 0.1) is 35.0 Å². The van der Waals surface area contributed by atoms with Gasteiger partial charge in [0.2, 0.25) is 0 Å². The Labute approximate surface area is 109 Å². The molecular weight excluding hydrogens is 228 g/mol. The Balaban J connectivity index is 1.93. The van der Waals surface area contributed by atoms with Crippen LogP contribution in [-0.2, 0) is 0 Å². The van der Waals surface area contributed by atoms with Crippen molar-refractivity contribution >= 4 is 0 Å². The predicted molar refractivity (Wildman–Crippen MR) is 68.8 cm³/mol. The highest BCUT2D eigenvalue weighted by atomic mass is 16.3. The van der Waals surface area contributed by atoms with Crippen molar-refractivity contribution in [2.45, 2.75) is 45.1 Å². The molecule has 0 spiro atoms. The van der Waals surface area contributed by atoms with E-state index < -0.39 is 5.60 Å². The molecular formula is C15H26O3. The minimum Gasteiger partial charge on any atom is -0.396 e. The van der Waals surface area contributed by atoms with Crippen molar-refractivity contribution in [1.82, 2.24) is 0 Å². The minimum atomic E-state index is -0.862. The van der Waals surface area contributed by atoms with Gasteiger partial charge in [0.1, 0.15) is 0 Å². The van der Waals surface area contributed by atoms with Crippen molar-refractivity contribution < 1.29 is 15.3 Å². The van der Waals surface area contributed by atoms with Crippen LogP contribution in [-0.4, -0.2) is 34.1 Å². The molecule has 3 rings (SSSR count). The summed E-state index contributed by atoms with van der Waals surface area (Å²) in [6, 6.07) is 0. The van der Waals surface area contributed by atoms with Gasteiger partial charge in [-0.15, -0.1) is 0 Å². The fraction of sp³-hybridized carbons (Fsp3) is 1.00. The Hall–Kier alpha value is -0.120. The molecule has 3 fully saturated rings. The van der Waals surface area contributed by atoms with Crippen LogP contribution in [0.25, 0.3) is 0 Å². The van der Waals surface area contributed by atoms with Crippen molar-refractivity contribution in [3.8, 4) is 0 Å². The quantitative estimate of drug-likeness (QED) is 0.698. The van der Waals surface area contributed by atoms with Gasteiger partial charge in [-0.1, -0.05) is 20.3 Å². The van der Waals surface area contributed by atoms with Gasteiger partial charge in [0.15, 0.2) is 0 Å². The third-order valence-electron chi connectivity index (χ3n) is 6.60. The number of fused-ring (bicyclic) bond motifs is 3. The lowest BCUT2D eigenvalue weighted by Crippen LogP contribution is -2.44. The molecule has 0 radical (unpaired) electrons. The number of rotatable bonds is 2. The highest BCUT2D eigenvalue weighted by molar-refractivity contribution is 5.17. The zero-order valence-electron chi connectivity index (χ0n) is 11.5. The molecule has 3 aliphatic carbocycles. The Morgan fingerprint density at radius 1 is 1.06 bits per heavy atom. The number of hydrogen-bond donors (Lipinski definition) is 3. The highest BCUT2D eigenvalue weighted by Gasteiger charge is 2.69. The van der Waals surface area contributed by atoms with E-state index in [4.69, 9.17) is 0 Å². The van der Waals surface area contributed by atoms with Gasteiger partial charge in [0, 0.05) is 6.61 Å². The average Bonchev–Trinajstić information content (AvgIpc) is 2.82. The summed E-state index contributed by atoms with van der Waals surface area (Å²) in [4.78, 5) is 0. The first kappa shape index (κ1) is 12.9. The first-order chi connectivity index (χ1) is 8.48. The van der Waals surface area contributed by atoms with E-state index in [2.05, 4.69) is 13.8 Å². The fourth-order valence-electron chi connectivity index (χ4n) is 5.38. The summed E-state index contributed by atoms with van der Waals surface area (Å²) in [6.45, 7) is 4.65. The molecule has 3 aliphatic rings. The first-order valence-electron chi connectivity index (χ1n) is 7.42. The monoisotopic (exact) mass is 254 g/mol. The molecule has 0 aromatic carbocycles. The molecule has 3 heteroatoms. The lowest BCUT2D eigenvalue weighted by atomic mass is 9.74. The molecule has 3 N–H and O–H groups in total. The summed E-state index contributed by atoms with van der Waals surface area (Å²) >= 11 is 0. The maximum atomic E-state index is 10.7. The number of hydrogen-bond acceptors (Lipinski definition) is 3. The Kier molecular flexibility index (Phi) is 2.82. The summed E-state index contributed by atoms with van der Waals surface area (Å²) in [5.74, 6) is 2.46. The van der Waals surface area contributed by atoms with Crippen LogP contribution < -0.4 is 0 Å². The fourth-order valence-corrected chi connectivity index (χ4v) is 5.38. The Bertz CT molecular complexity index is 345. The maximum Gasteiger partial charge on any atom is 0.0908 e. The van der Waals surface area contributed by atoms with E-state index in [9.17, 15) is 15.3 Å². The summed E-state index contributed by atoms with van der Waals surface area (Å²) in [5.41, 5.74) is -0.780. The van der Waals surface area contributed by atoms with Crippen molar-refractivity contribution in [2.75, 3.05) is 13.2 Å². The van der Waals surface area contributed by atoms with E-state index >= 15 is 0 Å².